The van der Waals surface area contributed by atoms with Crippen LogP contribution in [-0.4, -0.2) is 71.9 Å². The molecule has 0 aromatic carbocycles. The molecule has 5 heteroatoms. The van der Waals surface area contributed by atoms with Crippen molar-refractivity contribution in [3.05, 3.63) is 11.6 Å². The highest BCUT2D eigenvalue weighted by atomic mass is 16.5. The molecule has 2 N–H and O–H groups in total. The van der Waals surface area contributed by atoms with E-state index in [0.717, 1.165) is 37.3 Å². The van der Waals surface area contributed by atoms with Gasteiger partial charge >= 0.3 is 0 Å². The highest BCUT2D eigenvalue weighted by Gasteiger charge is 2.91. The molecule has 0 amide bonds. The van der Waals surface area contributed by atoms with E-state index in [9.17, 15) is 5.11 Å². The largest absolute Gasteiger partial charge is 0.394 e. The molecule has 0 radical (unpaired) electrons. The SMILES string of the molecule is C[C@H]1C[C@H]2O[C@@]34CC[C@H]5[C@@H]6CCC7=C[C@@H](O)CC[C@]7(C)[C@H]6CC56CC63C[C@@H]4[C@@H]2N(CCOCCO)C1. The van der Waals surface area contributed by atoms with Crippen molar-refractivity contribution in [3.63, 3.8) is 0 Å². The third-order valence-corrected chi connectivity index (χ3v) is 13.7. The average Bonchev–Trinajstić information content (AvgIpc) is 3.33. The lowest BCUT2D eigenvalue weighted by Gasteiger charge is -2.60. The third kappa shape index (κ3) is 2.66. The Hall–Kier alpha value is -0.460. The number of hydrogen-bond donors (Lipinski definition) is 2. The van der Waals surface area contributed by atoms with Gasteiger partial charge in [0.2, 0.25) is 0 Å². The summed E-state index contributed by atoms with van der Waals surface area (Å²) in [6.45, 7) is 8.41. The normalized spacial score (nSPS) is 58.3. The molecule has 7 fully saturated rings. The molecule has 8 aliphatic rings. The maximum absolute atomic E-state index is 10.4. The van der Waals surface area contributed by atoms with Crippen LogP contribution in [0.5, 0.6) is 0 Å². The predicted octanol–water partition coefficient (Wildman–Crippen LogP) is 4.17. The maximum atomic E-state index is 10.4. The van der Waals surface area contributed by atoms with Crippen molar-refractivity contribution in [1.29, 1.82) is 0 Å². The Bertz CT molecular complexity index is 968. The van der Waals surface area contributed by atoms with E-state index in [0.29, 0.717) is 46.8 Å². The van der Waals surface area contributed by atoms with Gasteiger partial charge in [-0.2, -0.15) is 0 Å². The number of fused-ring (bicyclic) bond motifs is 6. The Morgan fingerprint density at radius 1 is 1.11 bits per heavy atom. The fraction of sp³-hybridized carbons (Fsp3) is 0.935. The first-order chi connectivity index (χ1) is 17.4. The van der Waals surface area contributed by atoms with Crippen LogP contribution in [-0.2, 0) is 9.47 Å². The van der Waals surface area contributed by atoms with Gasteiger partial charge in [0.15, 0.2) is 0 Å². The van der Waals surface area contributed by atoms with Gasteiger partial charge in [-0.25, -0.2) is 0 Å². The lowest BCUT2D eigenvalue weighted by atomic mass is 9.47. The second-order valence-corrected chi connectivity index (χ2v) is 14.8. The van der Waals surface area contributed by atoms with Gasteiger partial charge in [0.05, 0.1) is 37.6 Å². The Morgan fingerprint density at radius 3 is 2.86 bits per heavy atom. The lowest BCUT2D eigenvalue weighted by molar-refractivity contribution is -0.211. The highest BCUT2D eigenvalue weighted by molar-refractivity contribution is 5.41. The number of aliphatic hydroxyl groups excluding tert-OH is 2. The van der Waals surface area contributed by atoms with Crippen LogP contribution in [0.25, 0.3) is 0 Å². The monoisotopic (exact) mass is 497 g/mol. The van der Waals surface area contributed by atoms with Gasteiger partial charge in [-0.1, -0.05) is 25.5 Å². The summed E-state index contributed by atoms with van der Waals surface area (Å²) in [5.41, 5.74) is 3.12. The molecule has 5 saturated carbocycles. The number of rotatable bonds is 5. The summed E-state index contributed by atoms with van der Waals surface area (Å²) in [4.78, 5) is 2.73. The first-order valence-corrected chi connectivity index (χ1v) is 15.4. The first-order valence-electron chi connectivity index (χ1n) is 15.4. The molecule has 0 bridgehead atoms. The minimum atomic E-state index is -0.205. The van der Waals surface area contributed by atoms with Crippen LogP contribution in [0, 0.1) is 45.8 Å². The van der Waals surface area contributed by atoms with Crippen molar-refractivity contribution >= 4 is 0 Å². The summed E-state index contributed by atoms with van der Waals surface area (Å²) in [6, 6.07) is 0.578. The number of aliphatic hydroxyl groups is 2. The predicted molar refractivity (Wildman–Crippen MR) is 137 cm³/mol. The van der Waals surface area contributed by atoms with Crippen LogP contribution in [0.3, 0.4) is 0 Å². The van der Waals surface area contributed by atoms with Gasteiger partial charge in [0, 0.05) is 30.5 Å². The van der Waals surface area contributed by atoms with E-state index >= 15 is 0 Å². The molecule has 0 aromatic rings. The van der Waals surface area contributed by atoms with E-state index in [1.165, 1.54) is 64.3 Å². The standard InChI is InChI=1S/C31H47NO4/c1-19-13-26-27(32(17-19)9-11-35-12-10-33)25-16-30-18-29(30)15-24-22(23(29)6-8-31(25,30)36-26)4-3-20-14-21(34)5-7-28(20,24)2/h14,19,21-27,33-34H,3-13,15-18H2,1-2H3/t19-,21-,22-,23-,24-,25+,26+,27-,28-,29?,30?,31+/m0/s1. The van der Waals surface area contributed by atoms with Crippen LogP contribution in [0.4, 0.5) is 0 Å². The van der Waals surface area contributed by atoms with Gasteiger partial charge in [0.1, 0.15) is 0 Å². The van der Waals surface area contributed by atoms with E-state index in [1.54, 1.807) is 5.57 Å². The third-order valence-electron chi connectivity index (χ3n) is 13.7. The number of likely N-dealkylation sites (tertiary alicyclic amines) is 1. The number of hydrogen-bond acceptors (Lipinski definition) is 5. The Kier molecular flexibility index (Phi) is 4.94. The highest BCUT2D eigenvalue weighted by Crippen LogP contribution is 2.93. The minimum absolute atomic E-state index is 0.113. The molecular weight excluding hydrogens is 450 g/mol. The van der Waals surface area contributed by atoms with Crippen molar-refractivity contribution in [2.75, 3.05) is 32.9 Å². The van der Waals surface area contributed by atoms with Crippen LogP contribution >= 0.6 is 0 Å². The van der Waals surface area contributed by atoms with E-state index in [2.05, 4.69) is 24.8 Å². The quantitative estimate of drug-likeness (QED) is 0.441. The lowest BCUT2D eigenvalue weighted by Crippen LogP contribution is -2.64. The maximum Gasteiger partial charge on any atom is 0.0793 e. The van der Waals surface area contributed by atoms with Gasteiger partial charge in [-0.05, 0) is 98.7 Å². The smallest absolute Gasteiger partial charge is 0.0793 e. The molecule has 6 aliphatic carbocycles. The molecule has 200 valence electrons. The topological polar surface area (TPSA) is 62.2 Å². The molecule has 5 nitrogen and oxygen atoms in total. The average molecular weight is 498 g/mol. The molecular formula is C31H47NO4. The number of allylic oxidation sites excluding steroid dienone is 1. The van der Waals surface area contributed by atoms with E-state index in [-0.39, 0.29) is 18.3 Å². The zero-order chi connectivity index (χ0) is 24.5. The van der Waals surface area contributed by atoms with Crippen LogP contribution in [0.15, 0.2) is 11.6 Å². The Balaban J connectivity index is 1.07. The summed E-state index contributed by atoms with van der Waals surface area (Å²) in [7, 11) is 0. The summed E-state index contributed by atoms with van der Waals surface area (Å²) < 4.78 is 13.1. The van der Waals surface area contributed by atoms with Crippen LogP contribution in [0.2, 0.25) is 0 Å². The molecule has 8 rings (SSSR count). The second-order valence-electron chi connectivity index (χ2n) is 14.8. The van der Waals surface area contributed by atoms with Gasteiger partial charge in [-0.15, -0.1) is 0 Å². The fourth-order valence-electron chi connectivity index (χ4n) is 12.5. The van der Waals surface area contributed by atoms with Gasteiger partial charge < -0.3 is 19.7 Å². The van der Waals surface area contributed by atoms with E-state index in [1.807, 2.05) is 0 Å². The molecule has 12 atom stereocenters. The summed E-state index contributed by atoms with van der Waals surface area (Å²) >= 11 is 0. The first kappa shape index (κ1) is 23.4. The number of piperidine rings is 1. The fourth-order valence-corrected chi connectivity index (χ4v) is 12.5. The van der Waals surface area contributed by atoms with Crippen molar-refractivity contribution in [1.82, 2.24) is 4.90 Å². The molecule has 2 unspecified atom stereocenters. The van der Waals surface area contributed by atoms with Crippen molar-refractivity contribution < 1.29 is 19.7 Å². The number of ether oxygens (including phenoxy) is 2. The zero-order valence-electron chi connectivity index (χ0n) is 22.5. The zero-order valence-corrected chi connectivity index (χ0v) is 22.5. The molecule has 2 heterocycles. The summed E-state index contributed by atoms with van der Waals surface area (Å²) in [5, 5.41) is 19.5. The molecule has 2 saturated heterocycles. The molecule has 2 aliphatic heterocycles. The van der Waals surface area contributed by atoms with E-state index < -0.39 is 0 Å². The summed E-state index contributed by atoms with van der Waals surface area (Å²) in [6.07, 6.45) is 15.4. The number of nitrogens with zero attached hydrogens (tertiary/aromatic N) is 1. The van der Waals surface area contributed by atoms with Crippen molar-refractivity contribution in [3.8, 4) is 0 Å². The van der Waals surface area contributed by atoms with Gasteiger partial charge in [-0.3, -0.25) is 4.90 Å². The van der Waals surface area contributed by atoms with Gasteiger partial charge in [0.25, 0.3) is 0 Å². The molecule has 3 spiro atoms. The molecule has 0 aromatic heterocycles. The Morgan fingerprint density at radius 2 is 2.00 bits per heavy atom. The molecule has 36 heavy (non-hydrogen) atoms. The van der Waals surface area contributed by atoms with Crippen molar-refractivity contribution in [2.45, 2.75) is 102 Å². The van der Waals surface area contributed by atoms with Crippen LogP contribution < -0.4 is 0 Å². The Labute approximate surface area is 217 Å². The van der Waals surface area contributed by atoms with Crippen LogP contribution in [0.1, 0.15) is 78.1 Å². The van der Waals surface area contributed by atoms with E-state index in [4.69, 9.17) is 14.6 Å². The summed E-state index contributed by atoms with van der Waals surface area (Å²) in [5.74, 6) is 4.05. The van der Waals surface area contributed by atoms with Crippen molar-refractivity contribution in [2.24, 2.45) is 45.8 Å². The minimum Gasteiger partial charge on any atom is -0.394 e. The second kappa shape index (κ2) is 7.59.